The van der Waals surface area contributed by atoms with Crippen LogP contribution in [0.5, 0.6) is 0 Å². The van der Waals surface area contributed by atoms with Crippen molar-refractivity contribution in [3.05, 3.63) is 0 Å². The first-order valence-corrected chi connectivity index (χ1v) is 10.2. The third-order valence-corrected chi connectivity index (χ3v) is 5.48. The van der Waals surface area contributed by atoms with Crippen LogP contribution in [0.2, 0.25) is 0 Å². The number of rotatable bonds is 14. The van der Waals surface area contributed by atoms with E-state index in [0.717, 1.165) is 19.5 Å². The minimum absolute atomic E-state index is 0.372. The van der Waals surface area contributed by atoms with Crippen LogP contribution < -0.4 is 5.73 Å². The van der Waals surface area contributed by atoms with E-state index in [4.69, 9.17) is 5.73 Å². The zero-order chi connectivity index (χ0) is 17.0. The van der Waals surface area contributed by atoms with E-state index in [2.05, 4.69) is 18.7 Å². The Bertz CT molecular complexity index is 271. The smallest absolute Gasteiger partial charge is 0.109 e. The minimum Gasteiger partial charge on any atom is -0.322 e. The first-order chi connectivity index (χ1) is 11.1. The average molecular weight is 329 g/mol. The maximum atomic E-state index is 13.2. The van der Waals surface area contributed by atoms with Crippen LogP contribution in [0.15, 0.2) is 0 Å². The zero-order valence-corrected chi connectivity index (χ0v) is 15.8. The summed E-state index contributed by atoms with van der Waals surface area (Å²) in [6.45, 7) is 5.92. The Hall–Kier alpha value is -0.150. The summed E-state index contributed by atoms with van der Waals surface area (Å²) >= 11 is 0. The van der Waals surface area contributed by atoms with E-state index in [1.807, 2.05) is 0 Å². The summed E-state index contributed by atoms with van der Waals surface area (Å²) in [6, 6.07) is 0.634. The summed E-state index contributed by atoms with van der Waals surface area (Å²) in [5.74, 6) is 0. The third-order valence-electron chi connectivity index (χ3n) is 5.48. The van der Waals surface area contributed by atoms with Crippen LogP contribution in [0, 0.1) is 0 Å². The van der Waals surface area contributed by atoms with Gasteiger partial charge in [0.15, 0.2) is 0 Å². The van der Waals surface area contributed by atoms with Crippen molar-refractivity contribution < 1.29 is 4.39 Å². The van der Waals surface area contributed by atoms with E-state index >= 15 is 0 Å². The van der Waals surface area contributed by atoms with E-state index < -0.39 is 5.54 Å². The first-order valence-electron chi connectivity index (χ1n) is 10.2. The normalized spacial score (nSPS) is 22.3. The van der Waals surface area contributed by atoms with Gasteiger partial charge in [-0.15, -0.1) is 0 Å². The second-order valence-corrected chi connectivity index (χ2v) is 7.78. The van der Waals surface area contributed by atoms with Crippen molar-refractivity contribution >= 4 is 0 Å². The monoisotopic (exact) mass is 328 g/mol. The number of likely N-dealkylation sites (tertiary alicyclic amines) is 1. The molecule has 1 rings (SSSR count). The molecule has 23 heavy (non-hydrogen) atoms. The fourth-order valence-electron chi connectivity index (χ4n) is 3.83. The minimum atomic E-state index is -0.567. The van der Waals surface area contributed by atoms with Crippen LogP contribution in [0.4, 0.5) is 4.39 Å². The second kappa shape index (κ2) is 12.2. The molecule has 0 spiro atoms. The van der Waals surface area contributed by atoms with E-state index in [0.29, 0.717) is 6.04 Å². The molecule has 1 heterocycles. The largest absolute Gasteiger partial charge is 0.322 e. The molecule has 1 atom stereocenters. The average Bonchev–Trinajstić information content (AvgIpc) is 2.95. The standard InChI is InChI=1S/C20H41FN2/c1-3-5-7-9-11-13-19(14-12-10-8-6-4-2)23-16-15-20(22,17-21)18-23/h19H,3-18,22H2,1-2H3/t20-/m1/s1. The van der Waals surface area contributed by atoms with Crippen molar-refractivity contribution in [3.63, 3.8) is 0 Å². The number of halogens is 1. The van der Waals surface area contributed by atoms with Crippen LogP contribution in [0.3, 0.4) is 0 Å². The van der Waals surface area contributed by atoms with Gasteiger partial charge in [-0.05, 0) is 19.3 Å². The van der Waals surface area contributed by atoms with E-state index in [9.17, 15) is 4.39 Å². The summed E-state index contributed by atoms with van der Waals surface area (Å²) in [6.07, 6.45) is 16.8. The number of alkyl halides is 1. The predicted octanol–water partition coefficient (Wildman–Crippen LogP) is 5.45. The van der Waals surface area contributed by atoms with Crippen LogP contribution in [0.25, 0.3) is 0 Å². The molecule has 2 N–H and O–H groups in total. The van der Waals surface area contributed by atoms with Crippen molar-refractivity contribution in [2.24, 2.45) is 5.73 Å². The number of nitrogens with zero attached hydrogens (tertiary/aromatic N) is 1. The predicted molar refractivity (Wildman–Crippen MR) is 99.6 cm³/mol. The molecule has 0 aromatic carbocycles. The molecule has 3 heteroatoms. The Morgan fingerprint density at radius 3 is 1.87 bits per heavy atom. The van der Waals surface area contributed by atoms with E-state index in [1.54, 1.807) is 0 Å². The SMILES string of the molecule is CCCCCCCC(CCCCCCC)N1CC[C@@](N)(CF)C1. The summed E-state index contributed by atoms with van der Waals surface area (Å²) in [5, 5.41) is 0. The molecule has 1 saturated heterocycles. The molecule has 0 aromatic rings. The molecule has 0 bridgehead atoms. The maximum absolute atomic E-state index is 13.2. The molecule has 0 radical (unpaired) electrons. The van der Waals surface area contributed by atoms with Crippen LogP contribution in [-0.2, 0) is 0 Å². The highest BCUT2D eigenvalue weighted by atomic mass is 19.1. The highest BCUT2D eigenvalue weighted by molar-refractivity contribution is 4.96. The quantitative estimate of drug-likeness (QED) is 0.430. The molecular formula is C20H41FN2. The van der Waals surface area contributed by atoms with E-state index in [-0.39, 0.29) is 6.67 Å². The number of hydrogen-bond acceptors (Lipinski definition) is 2. The molecule has 138 valence electrons. The number of nitrogens with two attached hydrogens (primary N) is 1. The van der Waals surface area contributed by atoms with E-state index in [1.165, 1.54) is 77.0 Å². The van der Waals surface area contributed by atoms with Crippen molar-refractivity contribution in [2.75, 3.05) is 19.8 Å². The Balaban J connectivity index is 2.35. The molecule has 0 aliphatic carbocycles. The van der Waals surface area contributed by atoms with Crippen LogP contribution in [-0.4, -0.2) is 36.2 Å². The summed E-state index contributed by atoms with van der Waals surface area (Å²) < 4.78 is 13.2. The lowest BCUT2D eigenvalue weighted by Crippen LogP contribution is -2.46. The summed E-state index contributed by atoms with van der Waals surface area (Å²) in [5.41, 5.74) is 5.59. The lowest BCUT2D eigenvalue weighted by Gasteiger charge is -2.29. The van der Waals surface area contributed by atoms with Gasteiger partial charge in [0.1, 0.15) is 6.67 Å². The highest BCUT2D eigenvalue weighted by Gasteiger charge is 2.37. The fraction of sp³-hybridized carbons (Fsp3) is 1.00. The van der Waals surface area contributed by atoms with Crippen LogP contribution >= 0.6 is 0 Å². The molecule has 1 aliphatic heterocycles. The van der Waals surface area contributed by atoms with Crippen molar-refractivity contribution in [1.82, 2.24) is 4.90 Å². The molecule has 0 aromatic heterocycles. The van der Waals surface area contributed by atoms with Gasteiger partial charge in [0.25, 0.3) is 0 Å². The highest BCUT2D eigenvalue weighted by Crippen LogP contribution is 2.26. The fourth-order valence-corrected chi connectivity index (χ4v) is 3.83. The second-order valence-electron chi connectivity index (χ2n) is 7.78. The summed E-state index contributed by atoms with van der Waals surface area (Å²) in [7, 11) is 0. The van der Waals surface area contributed by atoms with Gasteiger partial charge in [-0.2, -0.15) is 0 Å². The van der Waals surface area contributed by atoms with Crippen LogP contribution in [0.1, 0.15) is 97.3 Å². The lowest BCUT2D eigenvalue weighted by atomic mass is 9.98. The number of hydrogen-bond donors (Lipinski definition) is 1. The van der Waals surface area contributed by atoms with Crippen molar-refractivity contribution in [3.8, 4) is 0 Å². The van der Waals surface area contributed by atoms with Gasteiger partial charge >= 0.3 is 0 Å². The van der Waals surface area contributed by atoms with Gasteiger partial charge in [0, 0.05) is 19.1 Å². The van der Waals surface area contributed by atoms with Gasteiger partial charge in [-0.3, -0.25) is 4.90 Å². The zero-order valence-electron chi connectivity index (χ0n) is 15.8. The van der Waals surface area contributed by atoms with Crippen molar-refractivity contribution in [2.45, 2.75) is 109 Å². The van der Waals surface area contributed by atoms with Gasteiger partial charge in [0.2, 0.25) is 0 Å². The lowest BCUT2D eigenvalue weighted by molar-refractivity contribution is 0.190. The van der Waals surface area contributed by atoms with Gasteiger partial charge in [0.05, 0.1) is 5.54 Å². The third kappa shape index (κ3) is 8.49. The Morgan fingerprint density at radius 1 is 0.913 bits per heavy atom. The molecule has 2 nitrogen and oxygen atoms in total. The molecular weight excluding hydrogens is 287 g/mol. The molecule has 0 saturated carbocycles. The Morgan fingerprint density at radius 2 is 1.43 bits per heavy atom. The van der Waals surface area contributed by atoms with Gasteiger partial charge < -0.3 is 5.73 Å². The topological polar surface area (TPSA) is 29.3 Å². The van der Waals surface area contributed by atoms with Crippen molar-refractivity contribution in [1.29, 1.82) is 0 Å². The van der Waals surface area contributed by atoms with Gasteiger partial charge in [-0.1, -0.05) is 78.1 Å². The first kappa shape index (κ1) is 20.9. The van der Waals surface area contributed by atoms with Gasteiger partial charge in [-0.25, -0.2) is 4.39 Å². The molecule has 1 fully saturated rings. The summed E-state index contributed by atoms with van der Waals surface area (Å²) in [4.78, 5) is 2.50. The molecule has 1 aliphatic rings. The Labute approximate surface area is 144 Å². The maximum Gasteiger partial charge on any atom is 0.109 e. The Kier molecular flexibility index (Phi) is 11.1. The molecule has 0 amide bonds. The molecule has 0 unspecified atom stereocenters. The number of unbranched alkanes of at least 4 members (excludes halogenated alkanes) is 8.